The standard InChI is InChI=1S/C12H21N3O/c1-2-16-11-8-12(9-11,10-13)15-6-3-4-14-5-7-15/h11,14H,2-9H2,1H3. The first-order valence-corrected chi connectivity index (χ1v) is 6.29. The molecule has 16 heavy (non-hydrogen) atoms. The molecule has 4 heteroatoms. The van der Waals surface area contributed by atoms with Crippen LogP contribution in [0, 0.1) is 11.3 Å². The fraction of sp³-hybridized carbons (Fsp3) is 0.917. The molecule has 2 fully saturated rings. The molecule has 1 saturated heterocycles. The Morgan fingerprint density at radius 3 is 2.94 bits per heavy atom. The highest BCUT2D eigenvalue weighted by Crippen LogP contribution is 2.39. The molecular weight excluding hydrogens is 202 g/mol. The zero-order valence-electron chi connectivity index (χ0n) is 10.0. The quantitative estimate of drug-likeness (QED) is 0.767. The number of hydrogen-bond acceptors (Lipinski definition) is 4. The van der Waals surface area contributed by atoms with Crippen molar-refractivity contribution >= 4 is 0 Å². The topological polar surface area (TPSA) is 48.3 Å². The Morgan fingerprint density at radius 2 is 2.25 bits per heavy atom. The van der Waals surface area contributed by atoms with E-state index in [1.54, 1.807) is 0 Å². The maximum atomic E-state index is 9.40. The summed E-state index contributed by atoms with van der Waals surface area (Å²) in [6.07, 6.45) is 3.22. The zero-order chi connectivity index (χ0) is 11.4. The van der Waals surface area contributed by atoms with Gasteiger partial charge in [-0.25, -0.2) is 0 Å². The van der Waals surface area contributed by atoms with Crippen molar-refractivity contribution in [3.05, 3.63) is 0 Å². The van der Waals surface area contributed by atoms with Crippen molar-refractivity contribution in [3.63, 3.8) is 0 Å². The van der Waals surface area contributed by atoms with Crippen LogP contribution >= 0.6 is 0 Å². The van der Waals surface area contributed by atoms with E-state index in [9.17, 15) is 5.26 Å². The summed E-state index contributed by atoms with van der Waals surface area (Å²) in [6.45, 7) is 6.89. The molecule has 1 heterocycles. The predicted octanol–water partition coefficient (Wildman–Crippen LogP) is 0.743. The summed E-state index contributed by atoms with van der Waals surface area (Å²) in [7, 11) is 0. The Balaban J connectivity index is 1.93. The van der Waals surface area contributed by atoms with Crippen LogP contribution in [0.25, 0.3) is 0 Å². The largest absolute Gasteiger partial charge is 0.378 e. The van der Waals surface area contributed by atoms with Crippen LogP contribution in [0.1, 0.15) is 26.2 Å². The molecule has 4 nitrogen and oxygen atoms in total. The summed E-state index contributed by atoms with van der Waals surface area (Å²) in [5, 5.41) is 12.8. The van der Waals surface area contributed by atoms with Gasteiger partial charge in [-0.1, -0.05) is 0 Å². The third-order valence-electron chi connectivity index (χ3n) is 3.69. The van der Waals surface area contributed by atoms with Gasteiger partial charge in [0.05, 0.1) is 12.2 Å². The van der Waals surface area contributed by atoms with Crippen LogP contribution < -0.4 is 5.32 Å². The average molecular weight is 223 g/mol. The highest BCUT2D eigenvalue weighted by molar-refractivity contribution is 5.17. The van der Waals surface area contributed by atoms with Crippen molar-refractivity contribution < 1.29 is 4.74 Å². The van der Waals surface area contributed by atoms with Crippen molar-refractivity contribution in [2.75, 3.05) is 32.8 Å². The van der Waals surface area contributed by atoms with Gasteiger partial charge in [-0.15, -0.1) is 0 Å². The van der Waals surface area contributed by atoms with E-state index in [1.165, 1.54) is 0 Å². The number of hydrogen-bond donors (Lipinski definition) is 1. The first-order valence-electron chi connectivity index (χ1n) is 6.29. The van der Waals surface area contributed by atoms with E-state index in [0.29, 0.717) is 6.10 Å². The third kappa shape index (κ3) is 2.22. The highest BCUT2D eigenvalue weighted by atomic mass is 16.5. The van der Waals surface area contributed by atoms with Gasteiger partial charge in [-0.3, -0.25) is 4.90 Å². The van der Waals surface area contributed by atoms with Gasteiger partial charge in [-0.2, -0.15) is 5.26 Å². The van der Waals surface area contributed by atoms with Crippen molar-refractivity contribution in [1.82, 2.24) is 10.2 Å². The Bertz CT molecular complexity index is 260. The van der Waals surface area contributed by atoms with Gasteiger partial charge in [0.1, 0.15) is 5.54 Å². The predicted molar refractivity (Wildman–Crippen MR) is 62.1 cm³/mol. The minimum absolute atomic E-state index is 0.230. The van der Waals surface area contributed by atoms with Crippen molar-refractivity contribution in [1.29, 1.82) is 5.26 Å². The molecule has 2 aliphatic rings. The van der Waals surface area contributed by atoms with Crippen LogP contribution in [0.3, 0.4) is 0 Å². The summed E-state index contributed by atoms with van der Waals surface area (Å²) >= 11 is 0. The minimum atomic E-state index is -0.230. The molecule has 0 spiro atoms. The van der Waals surface area contributed by atoms with E-state index >= 15 is 0 Å². The minimum Gasteiger partial charge on any atom is -0.378 e. The van der Waals surface area contributed by atoms with Crippen molar-refractivity contribution in [2.24, 2.45) is 0 Å². The van der Waals surface area contributed by atoms with Crippen LogP contribution in [0.5, 0.6) is 0 Å². The van der Waals surface area contributed by atoms with Gasteiger partial charge in [0.25, 0.3) is 0 Å². The van der Waals surface area contributed by atoms with E-state index in [1.807, 2.05) is 6.92 Å². The zero-order valence-corrected chi connectivity index (χ0v) is 10.0. The van der Waals surface area contributed by atoms with Crippen LogP contribution in [-0.4, -0.2) is 49.3 Å². The molecule has 0 atom stereocenters. The smallest absolute Gasteiger partial charge is 0.114 e. The Hall–Kier alpha value is -0.630. The van der Waals surface area contributed by atoms with Crippen molar-refractivity contribution in [3.8, 4) is 6.07 Å². The lowest BCUT2D eigenvalue weighted by Crippen LogP contribution is -2.60. The van der Waals surface area contributed by atoms with E-state index in [2.05, 4.69) is 16.3 Å². The maximum absolute atomic E-state index is 9.40. The lowest BCUT2D eigenvalue weighted by Gasteiger charge is -2.49. The summed E-state index contributed by atoms with van der Waals surface area (Å²) in [6, 6.07) is 2.52. The Morgan fingerprint density at radius 1 is 1.44 bits per heavy atom. The van der Waals surface area contributed by atoms with Crippen LogP contribution in [0.2, 0.25) is 0 Å². The van der Waals surface area contributed by atoms with E-state index < -0.39 is 0 Å². The molecule has 0 aromatic heterocycles. The molecule has 1 aliphatic carbocycles. The lowest BCUT2D eigenvalue weighted by atomic mass is 9.73. The second-order valence-corrected chi connectivity index (χ2v) is 4.72. The Labute approximate surface area is 97.6 Å². The van der Waals surface area contributed by atoms with E-state index in [-0.39, 0.29) is 5.54 Å². The van der Waals surface area contributed by atoms with Gasteiger partial charge in [0, 0.05) is 39.1 Å². The van der Waals surface area contributed by atoms with Gasteiger partial charge in [0.2, 0.25) is 0 Å². The second-order valence-electron chi connectivity index (χ2n) is 4.72. The van der Waals surface area contributed by atoms with Gasteiger partial charge >= 0.3 is 0 Å². The first kappa shape index (κ1) is 11.8. The molecule has 1 aliphatic heterocycles. The average Bonchev–Trinajstić information content (AvgIpc) is 2.51. The molecular formula is C12H21N3O. The monoisotopic (exact) mass is 223 g/mol. The molecule has 0 aromatic rings. The van der Waals surface area contributed by atoms with Gasteiger partial charge < -0.3 is 10.1 Å². The summed E-state index contributed by atoms with van der Waals surface area (Å²) < 4.78 is 5.56. The molecule has 0 radical (unpaired) electrons. The molecule has 0 unspecified atom stereocenters. The second kappa shape index (κ2) is 5.13. The molecule has 90 valence electrons. The number of nitrogens with zero attached hydrogens (tertiary/aromatic N) is 2. The SMILES string of the molecule is CCOC1CC(C#N)(N2CCCNCC2)C1. The van der Waals surface area contributed by atoms with Crippen LogP contribution in [0.4, 0.5) is 0 Å². The summed E-state index contributed by atoms with van der Waals surface area (Å²) in [5.41, 5.74) is -0.230. The number of rotatable bonds is 3. The molecule has 0 amide bonds. The highest BCUT2D eigenvalue weighted by Gasteiger charge is 2.49. The Kier molecular flexibility index (Phi) is 3.80. The van der Waals surface area contributed by atoms with E-state index in [4.69, 9.17) is 4.74 Å². The van der Waals surface area contributed by atoms with Crippen molar-refractivity contribution in [2.45, 2.75) is 37.8 Å². The fourth-order valence-corrected chi connectivity index (χ4v) is 2.74. The van der Waals surface area contributed by atoms with Gasteiger partial charge in [-0.05, 0) is 19.9 Å². The van der Waals surface area contributed by atoms with Crippen LogP contribution in [-0.2, 0) is 4.74 Å². The molecule has 1 saturated carbocycles. The fourth-order valence-electron chi connectivity index (χ4n) is 2.74. The first-order chi connectivity index (χ1) is 7.80. The lowest BCUT2D eigenvalue weighted by molar-refractivity contribution is -0.0762. The molecule has 2 rings (SSSR count). The normalized spacial score (nSPS) is 36.1. The third-order valence-corrected chi connectivity index (χ3v) is 3.69. The molecule has 0 bridgehead atoms. The van der Waals surface area contributed by atoms with Gasteiger partial charge in [0.15, 0.2) is 0 Å². The summed E-state index contributed by atoms with van der Waals surface area (Å²) in [4.78, 5) is 2.35. The number of ether oxygens (including phenoxy) is 1. The number of nitrogens with one attached hydrogen (secondary N) is 1. The number of nitriles is 1. The summed E-state index contributed by atoms with van der Waals surface area (Å²) in [5.74, 6) is 0. The van der Waals surface area contributed by atoms with E-state index in [0.717, 1.165) is 52.0 Å². The molecule has 0 aromatic carbocycles. The maximum Gasteiger partial charge on any atom is 0.114 e. The van der Waals surface area contributed by atoms with Crippen LogP contribution in [0.15, 0.2) is 0 Å². The molecule has 1 N–H and O–H groups in total.